The second kappa shape index (κ2) is 8.30. The fraction of sp³-hybridized carbons (Fsp3) is 0.412. The molecule has 3 N–H and O–H groups in total. The van der Waals surface area contributed by atoms with Crippen LogP contribution in [0.25, 0.3) is 0 Å². The number of rotatable bonds is 8. The minimum absolute atomic E-state index is 0.164. The Labute approximate surface area is 160 Å². The third kappa shape index (κ3) is 4.51. The molecular weight excluding hydrogens is 370 g/mol. The molecule has 0 spiro atoms. The van der Waals surface area contributed by atoms with E-state index in [9.17, 15) is 9.59 Å². The average molecular weight is 391 g/mol. The number of anilines is 1. The summed E-state index contributed by atoms with van der Waals surface area (Å²) in [5.41, 5.74) is 5.83. The molecule has 0 radical (unpaired) electrons. The van der Waals surface area contributed by atoms with Gasteiger partial charge in [-0.25, -0.2) is 0 Å². The molecule has 10 heteroatoms. The fourth-order valence-corrected chi connectivity index (χ4v) is 3.51. The van der Waals surface area contributed by atoms with Gasteiger partial charge in [0.1, 0.15) is 5.82 Å². The number of hydrogen-bond donors (Lipinski definition) is 2. The van der Waals surface area contributed by atoms with Gasteiger partial charge in [-0.1, -0.05) is 11.8 Å². The van der Waals surface area contributed by atoms with Crippen LogP contribution in [0.15, 0.2) is 23.4 Å². The molecule has 27 heavy (non-hydrogen) atoms. The lowest BCUT2D eigenvalue weighted by Gasteiger charge is -2.13. The smallest absolute Gasteiger partial charge is 0.237 e. The molecule has 0 bridgehead atoms. The molecule has 1 aliphatic rings. The lowest BCUT2D eigenvalue weighted by molar-refractivity contribution is -0.118. The highest BCUT2D eigenvalue weighted by Crippen LogP contribution is 2.34. The van der Waals surface area contributed by atoms with Crippen molar-refractivity contribution in [2.45, 2.75) is 43.6 Å². The molecule has 9 nitrogen and oxygen atoms in total. The molecule has 1 aliphatic heterocycles. The molecule has 0 fully saturated rings. The zero-order valence-corrected chi connectivity index (χ0v) is 15.9. The number of nitrogens with two attached hydrogens (primary N) is 1. The number of aromatic nitrogens is 3. The van der Waals surface area contributed by atoms with Crippen LogP contribution in [-0.4, -0.2) is 38.6 Å². The van der Waals surface area contributed by atoms with Crippen LogP contribution >= 0.6 is 11.8 Å². The highest BCUT2D eigenvalue weighted by atomic mass is 32.2. The van der Waals surface area contributed by atoms with Gasteiger partial charge in [0.05, 0.1) is 5.25 Å². The summed E-state index contributed by atoms with van der Waals surface area (Å²) in [6.07, 6.45) is 0.636. The number of aryl methyl sites for hydroxylation is 1. The predicted octanol–water partition coefficient (Wildman–Crippen LogP) is 1.56. The van der Waals surface area contributed by atoms with E-state index in [0.29, 0.717) is 41.1 Å². The molecule has 0 saturated heterocycles. The van der Waals surface area contributed by atoms with Crippen LogP contribution in [0.5, 0.6) is 11.5 Å². The summed E-state index contributed by atoms with van der Waals surface area (Å²) in [4.78, 5) is 23.5. The lowest BCUT2D eigenvalue weighted by Crippen LogP contribution is -2.23. The van der Waals surface area contributed by atoms with E-state index < -0.39 is 5.25 Å². The molecule has 2 aromatic rings. The van der Waals surface area contributed by atoms with Gasteiger partial charge in [-0.15, -0.1) is 10.2 Å². The Morgan fingerprint density at radius 1 is 1.33 bits per heavy atom. The van der Waals surface area contributed by atoms with Crippen LogP contribution in [-0.2, 0) is 22.6 Å². The molecule has 0 unspecified atom stereocenters. The van der Waals surface area contributed by atoms with Gasteiger partial charge >= 0.3 is 0 Å². The van der Waals surface area contributed by atoms with E-state index in [0.717, 1.165) is 0 Å². The summed E-state index contributed by atoms with van der Waals surface area (Å²) in [5, 5.41) is 11.4. The largest absolute Gasteiger partial charge is 0.454 e. The first-order valence-electron chi connectivity index (χ1n) is 8.55. The van der Waals surface area contributed by atoms with Crippen molar-refractivity contribution >= 4 is 29.3 Å². The molecule has 0 saturated carbocycles. The molecule has 1 aromatic heterocycles. The summed E-state index contributed by atoms with van der Waals surface area (Å²) in [6, 6.07) is 5.25. The highest BCUT2D eigenvalue weighted by Gasteiger charge is 2.21. The predicted molar refractivity (Wildman–Crippen MR) is 99.7 cm³/mol. The Morgan fingerprint density at radius 3 is 2.85 bits per heavy atom. The first kappa shape index (κ1) is 19.0. The third-order valence-electron chi connectivity index (χ3n) is 4.00. The standard InChI is InChI=1S/C17H21N5O4S/c1-3-22-15(7-6-14(18)23)20-21-17(22)27-10(2)16(24)19-11-4-5-12-13(8-11)26-9-25-12/h4-5,8,10H,3,6-7,9H2,1-2H3,(H2,18,23)(H,19,24)/t10-/m0/s1. The zero-order chi connectivity index (χ0) is 19.4. The normalized spacial score (nSPS) is 13.4. The van der Waals surface area contributed by atoms with E-state index in [1.54, 1.807) is 25.1 Å². The van der Waals surface area contributed by atoms with E-state index in [1.165, 1.54) is 11.8 Å². The van der Waals surface area contributed by atoms with Crippen molar-refractivity contribution in [3.8, 4) is 11.5 Å². The van der Waals surface area contributed by atoms with E-state index in [-0.39, 0.29) is 25.0 Å². The van der Waals surface area contributed by atoms with Crippen molar-refractivity contribution in [2.24, 2.45) is 5.73 Å². The maximum absolute atomic E-state index is 12.5. The Morgan fingerprint density at radius 2 is 2.11 bits per heavy atom. The Bertz CT molecular complexity index is 854. The van der Waals surface area contributed by atoms with Gasteiger partial charge in [0.25, 0.3) is 0 Å². The molecular formula is C17H21N5O4S. The van der Waals surface area contributed by atoms with E-state index in [2.05, 4.69) is 15.5 Å². The Balaban J connectivity index is 1.63. The number of nitrogens with one attached hydrogen (secondary N) is 1. The number of primary amides is 1. The number of carbonyl (C=O) groups excluding carboxylic acids is 2. The van der Waals surface area contributed by atoms with Crippen molar-refractivity contribution in [1.29, 1.82) is 0 Å². The van der Waals surface area contributed by atoms with E-state index >= 15 is 0 Å². The average Bonchev–Trinajstić information content (AvgIpc) is 3.25. The molecule has 3 rings (SSSR count). The quantitative estimate of drug-likeness (QED) is 0.655. The molecule has 1 aromatic carbocycles. The molecule has 0 aliphatic carbocycles. The summed E-state index contributed by atoms with van der Waals surface area (Å²) < 4.78 is 12.5. The lowest BCUT2D eigenvalue weighted by atomic mass is 10.2. The monoisotopic (exact) mass is 391 g/mol. The molecule has 2 amide bonds. The number of ether oxygens (including phenoxy) is 2. The Kier molecular flexibility index (Phi) is 5.84. The zero-order valence-electron chi connectivity index (χ0n) is 15.1. The summed E-state index contributed by atoms with van der Waals surface area (Å²) >= 11 is 1.31. The van der Waals surface area contributed by atoms with Gasteiger partial charge in [0.15, 0.2) is 16.7 Å². The molecule has 2 heterocycles. The number of carbonyl (C=O) groups is 2. The van der Waals surface area contributed by atoms with Gasteiger partial charge in [-0.05, 0) is 26.0 Å². The van der Waals surface area contributed by atoms with Crippen molar-refractivity contribution in [3.05, 3.63) is 24.0 Å². The first-order valence-corrected chi connectivity index (χ1v) is 9.43. The highest BCUT2D eigenvalue weighted by molar-refractivity contribution is 8.00. The van der Waals surface area contributed by atoms with E-state index in [4.69, 9.17) is 15.2 Å². The number of amides is 2. The number of benzene rings is 1. The van der Waals surface area contributed by atoms with Crippen molar-refractivity contribution in [2.75, 3.05) is 12.1 Å². The second-order valence-corrected chi connectivity index (χ2v) is 7.23. The maximum Gasteiger partial charge on any atom is 0.237 e. The van der Waals surface area contributed by atoms with Crippen LogP contribution < -0.4 is 20.5 Å². The van der Waals surface area contributed by atoms with E-state index in [1.807, 2.05) is 11.5 Å². The molecule has 144 valence electrons. The van der Waals surface area contributed by atoms with Crippen molar-refractivity contribution < 1.29 is 19.1 Å². The van der Waals surface area contributed by atoms with Crippen LogP contribution in [0, 0.1) is 0 Å². The van der Waals surface area contributed by atoms with Crippen LogP contribution in [0.1, 0.15) is 26.1 Å². The van der Waals surface area contributed by atoms with Crippen molar-refractivity contribution in [3.63, 3.8) is 0 Å². The Hall–Kier alpha value is -2.75. The van der Waals surface area contributed by atoms with Crippen molar-refractivity contribution in [1.82, 2.24) is 14.8 Å². The van der Waals surface area contributed by atoms with Gasteiger partial charge in [0, 0.05) is 31.1 Å². The summed E-state index contributed by atoms with van der Waals surface area (Å²) in [5.74, 6) is 1.41. The first-order chi connectivity index (χ1) is 13.0. The van der Waals surface area contributed by atoms with Crippen LogP contribution in [0.4, 0.5) is 5.69 Å². The summed E-state index contributed by atoms with van der Waals surface area (Å²) in [6.45, 7) is 4.58. The third-order valence-corrected chi connectivity index (χ3v) is 5.08. The minimum Gasteiger partial charge on any atom is -0.454 e. The second-order valence-electron chi connectivity index (χ2n) is 5.93. The van der Waals surface area contributed by atoms with Gasteiger partial charge < -0.3 is 25.1 Å². The number of nitrogens with zero attached hydrogens (tertiary/aromatic N) is 3. The van der Waals surface area contributed by atoms with Gasteiger partial charge in [-0.2, -0.15) is 0 Å². The van der Waals surface area contributed by atoms with Crippen LogP contribution in [0.3, 0.4) is 0 Å². The molecule has 1 atom stereocenters. The van der Waals surface area contributed by atoms with Gasteiger partial charge in [0.2, 0.25) is 18.6 Å². The number of thioether (sulfide) groups is 1. The minimum atomic E-state index is -0.395. The SMILES string of the molecule is CCn1c(CCC(N)=O)nnc1S[C@@H](C)C(=O)Nc1ccc2c(c1)OCO2. The number of hydrogen-bond acceptors (Lipinski definition) is 7. The summed E-state index contributed by atoms with van der Waals surface area (Å²) in [7, 11) is 0. The fourth-order valence-electron chi connectivity index (χ4n) is 2.57. The maximum atomic E-state index is 12.5. The number of fused-ring (bicyclic) bond motifs is 1. The van der Waals surface area contributed by atoms with Crippen LogP contribution in [0.2, 0.25) is 0 Å². The van der Waals surface area contributed by atoms with Gasteiger partial charge in [-0.3, -0.25) is 9.59 Å². The topological polar surface area (TPSA) is 121 Å².